The summed E-state index contributed by atoms with van der Waals surface area (Å²) in [4.78, 5) is 23.8. The number of fused-ring (bicyclic) bond motifs is 2. The molecule has 0 saturated heterocycles. The lowest BCUT2D eigenvalue weighted by atomic mass is 9.91. The number of hydrogen-bond donors (Lipinski definition) is 2. The Kier molecular flexibility index (Phi) is 4.03. The highest BCUT2D eigenvalue weighted by molar-refractivity contribution is 6.30. The minimum absolute atomic E-state index is 0.126. The van der Waals surface area contributed by atoms with Crippen LogP contribution in [-0.4, -0.2) is 35.3 Å². The van der Waals surface area contributed by atoms with Gasteiger partial charge >= 0.3 is 0 Å². The SMILES string of the molecule is O=c1[nH]nc(-c2ccc(Cl)cc2)c2c1Nc1nnnn1[C@@H]2c1ccccc1[N+](=O)[O-]. The highest BCUT2D eigenvalue weighted by atomic mass is 35.5. The molecule has 0 aliphatic carbocycles. The first kappa shape index (κ1) is 17.9. The Balaban J connectivity index is 1.85. The van der Waals surface area contributed by atoms with Gasteiger partial charge in [-0.3, -0.25) is 14.9 Å². The van der Waals surface area contributed by atoms with Crippen molar-refractivity contribution < 1.29 is 4.92 Å². The van der Waals surface area contributed by atoms with Gasteiger partial charge < -0.3 is 5.32 Å². The third kappa shape index (κ3) is 2.71. The van der Waals surface area contributed by atoms with Crippen LogP contribution in [0.2, 0.25) is 5.02 Å². The number of halogens is 1. The molecule has 0 amide bonds. The predicted molar refractivity (Wildman–Crippen MR) is 107 cm³/mol. The summed E-state index contributed by atoms with van der Waals surface area (Å²) in [6.45, 7) is 0. The highest BCUT2D eigenvalue weighted by Gasteiger charge is 2.37. The number of aromatic nitrogens is 6. The number of rotatable bonds is 3. The monoisotopic (exact) mass is 422 g/mol. The van der Waals surface area contributed by atoms with Gasteiger partial charge in [0.25, 0.3) is 11.2 Å². The van der Waals surface area contributed by atoms with E-state index in [4.69, 9.17) is 11.6 Å². The Morgan fingerprint density at radius 3 is 2.67 bits per heavy atom. The maximum atomic E-state index is 12.6. The third-order valence-corrected chi connectivity index (χ3v) is 5.07. The molecule has 0 saturated carbocycles. The van der Waals surface area contributed by atoms with Crippen LogP contribution >= 0.6 is 11.6 Å². The van der Waals surface area contributed by atoms with Gasteiger partial charge in [-0.05, 0) is 28.6 Å². The number of benzene rings is 2. The summed E-state index contributed by atoms with van der Waals surface area (Å²) in [6.07, 6.45) is 0. The van der Waals surface area contributed by atoms with Crippen molar-refractivity contribution in [2.24, 2.45) is 0 Å². The molecule has 30 heavy (non-hydrogen) atoms. The average Bonchev–Trinajstić information content (AvgIpc) is 3.22. The molecule has 2 N–H and O–H groups in total. The summed E-state index contributed by atoms with van der Waals surface area (Å²) < 4.78 is 1.39. The minimum atomic E-state index is -0.853. The molecule has 0 fully saturated rings. The zero-order valence-corrected chi connectivity index (χ0v) is 15.7. The van der Waals surface area contributed by atoms with Gasteiger partial charge in [-0.15, -0.1) is 0 Å². The molecule has 0 spiro atoms. The molecule has 0 radical (unpaired) electrons. The van der Waals surface area contributed by atoms with E-state index in [9.17, 15) is 14.9 Å². The summed E-state index contributed by atoms with van der Waals surface area (Å²) in [5.41, 5.74) is 1.35. The van der Waals surface area contributed by atoms with Crippen molar-refractivity contribution in [3.05, 3.63) is 85.1 Å². The molecule has 5 rings (SSSR count). The lowest BCUT2D eigenvalue weighted by molar-refractivity contribution is -0.385. The number of anilines is 2. The molecule has 1 atom stereocenters. The smallest absolute Gasteiger partial charge is 0.288 e. The maximum absolute atomic E-state index is 12.6. The topological polar surface area (TPSA) is 145 Å². The zero-order valence-electron chi connectivity index (χ0n) is 15.0. The second-order valence-electron chi connectivity index (χ2n) is 6.49. The normalized spacial score (nSPS) is 14.5. The molecular weight excluding hydrogens is 412 g/mol. The number of nitrogens with one attached hydrogen (secondary N) is 2. The van der Waals surface area contributed by atoms with E-state index in [1.807, 2.05) is 0 Å². The number of H-pyrrole nitrogens is 1. The van der Waals surface area contributed by atoms with Crippen LogP contribution in [0.25, 0.3) is 11.3 Å². The van der Waals surface area contributed by atoms with E-state index >= 15 is 0 Å². The molecule has 1 aliphatic rings. The van der Waals surface area contributed by atoms with Crippen molar-refractivity contribution >= 4 is 28.9 Å². The van der Waals surface area contributed by atoms with Gasteiger partial charge in [0.2, 0.25) is 5.95 Å². The quantitative estimate of drug-likeness (QED) is 0.333. The largest absolute Gasteiger partial charge is 0.318 e. The van der Waals surface area contributed by atoms with Crippen LogP contribution in [0.4, 0.5) is 17.3 Å². The number of nitro benzene ring substituents is 1. The summed E-state index contributed by atoms with van der Waals surface area (Å²) in [5.74, 6) is 0.185. The highest BCUT2D eigenvalue weighted by Crippen LogP contribution is 2.43. The first-order valence-corrected chi connectivity index (χ1v) is 9.09. The molecule has 1 aliphatic heterocycles. The lowest BCUT2D eigenvalue weighted by Crippen LogP contribution is -2.29. The Morgan fingerprint density at radius 1 is 1.13 bits per heavy atom. The van der Waals surface area contributed by atoms with Crippen LogP contribution in [-0.2, 0) is 0 Å². The number of aromatic amines is 1. The lowest BCUT2D eigenvalue weighted by Gasteiger charge is -2.27. The fourth-order valence-corrected chi connectivity index (χ4v) is 3.66. The molecule has 4 aromatic rings. The Labute approximate surface area is 172 Å². The molecule has 2 aromatic heterocycles. The Hall–Kier alpha value is -4.12. The Morgan fingerprint density at radius 2 is 1.90 bits per heavy atom. The van der Waals surface area contributed by atoms with Crippen LogP contribution < -0.4 is 10.9 Å². The first-order chi connectivity index (χ1) is 14.5. The summed E-state index contributed by atoms with van der Waals surface area (Å²) >= 11 is 6.00. The second kappa shape index (κ2) is 6.74. The third-order valence-electron chi connectivity index (χ3n) is 4.81. The van der Waals surface area contributed by atoms with Gasteiger partial charge in [-0.25, -0.2) is 5.10 Å². The van der Waals surface area contributed by atoms with Crippen LogP contribution in [0, 0.1) is 10.1 Å². The van der Waals surface area contributed by atoms with Crippen molar-refractivity contribution in [3.63, 3.8) is 0 Å². The molecule has 2 aromatic carbocycles. The van der Waals surface area contributed by atoms with E-state index in [0.29, 0.717) is 27.4 Å². The molecule has 148 valence electrons. The van der Waals surface area contributed by atoms with Crippen molar-refractivity contribution in [2.75, 3.05) is 5.32 Å². The summed E-state index contributed by atoms with van der Waals surface area (Å²) in [7, 11) is 0. The second-order valence-corrected chi connectivity index (χ2v) is 6.92. The van der Waals surface area contributed by atoms with Crippen LogP contribution in [0.15, 0.2) is 53.3 Å². The molecule has 3 heterocycles. The predicted octanol–water partition coefficient (Wildman–Crippen LogP) is 2.68. The van der Waals surface area contributed by atoms with Crippen LogP contribution in [0.5, 0.6) is 0 Å². The van der Waals surface area contributed by atoms with E-state index in [1.54, 1.807) is 42.5 Å². The van der Waals surface area contributed by atoms with E-state index in [2.05, 4.69) is 31.0 Å². The van der Waals surface area contributed by atoms with Gasteiger partial charge in [-0.1, -0.05) is 41.0 Å². The maximum Gasteiger partial charge on any atom is 0.288 e. The fourth-order valence-electron chi connectivity index (χ4n) is 3.54. The molecule has 11 nitrogen and oxygen atoms in total. The van der Waals surface area contributed by atoms with E-state index in [-0.39, 0.29) is 17.3 Å². The van der Waals surface area contributed by atoms with Crippen molar-refractivity contribution in [2.45, 2.75) is 6.04 Å². The minimum Gasteiger partial charge on any atom is -0.318 e. The number of hydrogen-bond acceptors (Lipinski definition) is 8. The first-order valence-electron chi connectivity index (χ1n) is 8.71. The molecular formula is C18H11ClN8O3. The zero-order chi connectivity index (χ0) is 20.8. The molecule has 0 unspecified atom stereocenters. The van der Waals surface area contributed by atoms with Gasteiger partial charge in [0.05, 0.1) is 16.2 Å². The molecule has 12 heteroatoms. The van der Waals surface area contributed by atoms with Gasteiger partial charge in [0.15, 0.2) is 0 Å². The average molecular weight is 423 g/mol. The standard InChI is InChI=1S/C18H11ClN8O3/c19-10-7-5-9(6-8-10)14-13-15(17(28)22-21-14)20-18-23-24-25-26(18)16(13)11-3-1-2-4-12(11)27(29)30/h1-8,16H,(H,22,28)(H,20,23,25)/t16-/m1/s1. The van der Waals surface area contributed by atoms with E-state index < -0.39 is 16.5 Å². The van der Waals surface area contributed by atoms with E-state index in [1.165, 1.54) is 10.7 Å². The van der Waals surface area contributed by atoms with Crippen molar-refractivity contribution in [1.82, 2.24) is 30.4 Å². The fraction of sp³-hybridized carbons (Fsp3) is 0.0556. The van der Waals surface area contributed by atoms with Crippen molar-refractivity contribution in [1.29, 1.82) is 0 Å². The van der Waals surface area contributed by atoms with Gasteiger partial charge in [0.1, 0.15) is 11.7 Å². The van der Waals surface area contributed by atoms with Gasteiger partial charge in [0, 0.05) is 22.2 Å². The number of nitro groups is 1. The number of para-hydroxylation sites is 1. The number of tetrazole rings is 1. The van der Waals surface area contributed by atoms with Gasteiger partial charge in [-0.2, -0.15) is 9.78 Å². The van der Waals surface area contributed by atoms with Crippen molar-refractivity contribution in [3.8, 4) is 11.3 Å². The summed E-state index contributed by atoms with van der Waals surface area (Å²) in [5, 5.41) is 33.4. The Bertz CT molecular complexity index is 1350. The number of nitrogens with zero attached hydrogens (tertiary/aromatic N) is 6. The van der Waals surface area contributed by atoms with Crippen LogP contribution in [0.1, 0.15) is 17.2 Å². The van der Waals surface area contributed by atoms with E-state index in [0.717, 1.165) is 0 Å². The van der Waals surface area contributed by atoms with Crippen LogP contribution in [0.3, 0.4) is 0 Å². The summed E-state index contributed by atoms with van der Waals surface area (Å²) in [6, 6.07) is 12.3. The molecule has 0 bridgehead atoms.